The van der Waals surface area contributed by atoms with E-state index in [1.54, 1.807) is 0 Å². The van der Waals surface area contributed by atoms with Gasteiger partial charge in [0.2, 0.25) is 0 Å². The Kier molecular flexibility index (Phi) is 4.89. The van der Waals surface area contributed by atoms with Crippen LogP contribution in [0.15, 0.2) is 91.0 Å². The van der Waals surface area contributed by atoms with E-state index in [0.717, 1.165) is 23.1 Å². The van der Waals surface area contributed by atoms with Gasteiger partial charge < -0.3 is 4.74 Å². The van der Waals surface area contributed by atoms with Crippen molar-refractivity contribution in [3.63, 3.8) is 0 Å². The Morgan fingerprint density at radius 3 is 1.26 bits per heavy atom. The van der Waals surface area contributed by atoms with Gasteiger partial charge in [-0.1, -0.05) is 97.9 Å². The van der Waals surface area contributed by atoms with Crippen LogP contribution in [0.25, 0.3) is 0 Å². The number of hydrogen-bond acceptors (Lipinski definition) is 1. The Balaban J connectivity index is 2.25. The molecule has 0 aromatic heterocycles. The van der Waals surface area contributed by atoms with Crippen molar-refractivity contribution in [1.82, 2.24) is 0 Å². The summed E-state index contributed by atoms with van der Waals surface area (Å²) in [7, 11) is 0. The third-order valence-electron chi connectivity index (χ3n) is 4.00. The van der Waals surface area contributed by atoms with E-state index in [1.807, 2.05) is 18.2 Å². The fourth-order valence-electron chi connectivity index (χ4n) is 2.99. The second kappa shape index (κ2) is 7.26. The van der Waals surface area contributed by atoms with Crippen LogP contribution < -0.4 is 0 Å². The Hall–Kier alpha value is -2.38. The van der Waals surface area contributed by atoms with Gasteiger partial charge in [0.25, 0.3) is 0 Å². The van der Waals surface area contributed by atoms with Gasteiger partial charge in [-0.25, -0.2) is 0 Å². The summed E-state index contributed by atoms with van der Waals surface area (Å²) in [5.74, 6) is 0. The summed E-state index contributed by atoms with van der Waals surface area (Å²) >= 11 is 0. The summed E-state index contributed by atoms with van der Waals surface area (Å²) in [6.45, 7) is 4.54. The van der Waals surface area contributed by atoms with Crippen LogP contribution in [0.3, 0.4) is 0 Å². The molecular weight excluding hydrogens is 280 g/mol. The summed E-state index contributed by atoms with van der Waals surface area (Å²) in [6, 6.07) is 31.2. The van der Waals surface area contributed by atoms with E-state index >= 15 is 0 Å². The molecule has 0 bridgehead atoms. The van der Waals surface area contributed by atoms with Crippen LogP contribution in [0.4, 0.5) is 0 Å². The van der Waals surface area contributed by atoms with Crippen LogP contribution in [0.1, 0.15) is 23.1 Å². The molecule has 3 rings (SSSR count). The van der Waals surface area contributed by atoms with Crippen molar-refractivity contribution in [2.24, 2.45) is 0 Å². The highest BCUT2D eigenvalue weighted by Gasteiger charge is 2.37. The predicted molar refractivity (Wildman–Crippen MR) is 95.1 cm³/mol. The van der Waals surface area contributed by atoms with Gasteiger partial charge >= 0.3 is 0 Å². The van der Waals surface area contributed by atoms with E-state index in [2.05, 4.69) is 79.7 Å². The molecule has 115 valence electrons. The third kappa shape index (κ3) is 3.06. The van der Waals surface area contributed by atoms with Crippen LogP contribution in [0, 0.1) is 6.92 Å². The number of hydrogen-bond donors (Lipinski definition) is 0. The number of rotatable bonds is 6. The molecule has 0 amide bonds. The molecule has 1 heteroatoms. The quantitative estimate of drug-likeness (QED) is 0.567. The van der Waals surface area contributed by atoms with Crippen LogP contribution in [-0.2, 0) is 10.3 Å². The van der Waals surface area contributed by atoms with E-state index < -0.39 is 5.60 Å². The molecule has 0 saturated heterocycles. The first-order valence-corrected chi connectivity index (χ1v) is 7.97. The molecule has 0 fully saturated rings. The van der Waals surface area contributed by atoms with Gasteiger partial charge in [0.05, 0.1) is 0 Å². The molecule has 1 radical (unpaired) electrons. The van der Waals surface area contributed by atoms with Crippen molar-refractivity contribution >= 4 is 0 Å². The molecule has 0 aliphatic heterocycles. The minimum absolute atomic E-state index is 0.596. The van der Waals surface area contributed by atoms with Crippen molar-refractivity contribution in [1.29, 1.82) is 0 Å². The lowest BCUT2D eigenvalue weighted by Gasteiger charge is -2.35. The standard InChI is InChI=1S/C22H21O/c1-2-18-23-22(19-12-6-3-7-13-19,20-14-8-4-9-15-20)21-16-10-5-11-17-21/h3-17H,1-2,18H2. The van der Waals surface area contributed by atoms with Gasteiger partial charge in [-0.3, -0.25) is 0 Å². The molecule has 3 aromatic rings. The number of ether oxygens (including phenoxy) is 1. The van der Waals surface area contributed by atoms with E-state index in [1.165, 1.54) is 0 Å². The molecule has 0 saturated carbocycles. The van der Waals surface area contributed by atoms with Crippen LogP contribution in [0.5, 0.6) is 0 Å². The molecule has 23 heavy (non-hydrogen) atoms. The Labute approximate surface area is 138 Å². The Bertz CT molecular complexity index is 608. The van der Waals surface area contributed by atoms with Gasteiger partial charge in [0, 0.05) is 6.61 Å². The van der Waals surface area contributed by atoms with E-state index in [4.69, 9.17) is 4.74 Å². The van der Waals surface area contributed by atoms with Gasteiger partial charge in [0.15, 0.2) is 0 Å². The summed E-state index contributed by atoms with van der Waals surface area (Å²) in [6.07, 6.45) is 0.730. The summed E-state index contributed by atoms with van der Waals surface area (Å²) in [5, 5.41) is 0. The van der Waals surface area contributed by atoms with Crippen molar-refractivity contribution in [2.45, 2.75) is 12.0 Å². The number of benzene rings is 3. The van der Waals surface area contributed by atoms with Crippen LogP contribution in [0.2, 0.25) is 0 Å². The minimum atomic E-state index is -0.610. The molecule has 0 aliphatic carbocycles. The first-order valence-electron chi connectivity index (χ1n) is 7.97. The molecule has 0 heterocycles. The molecule has 0 aliphatic rings. The van der Waals surface area contributed by atoms with E-state index in [9.17, 15) is 0 Å². The van der Waals surface area contributed by atoms with Crippen molar-refractivity contribution in [2.75, 3.05) is 6.61 Å². The maximum atomic E-state index is 6.47. The minimum Gasteiger partial charge on any atom is -0.361 e. The second-order valence-corrected chi connectivity index (χ2v) is 5.48. The lowest BCUT2D eigenvalue weighted by atomic mass is 9.80. The molecule has 1 nitrogen and oxygen atoms in total. The highest BCUT2D eigenvalue weighted by atomic mass is 16.5. The zero-order valence-electron chi connectivity index (χ0n) is 13.2. The first-order chi connectivity index (χ1) is 11.4. The fourth-order valence-corrected chi connectivity index (χ4v) is 2.99. The average molecular weight is 301 g/mol. The maximum Gasteiger partial charge on any atom is 0.143 e. The van der Waals surface area contributed by atoms with Gasteiger partial charge in [-0.2, -0.15) is 0 Å². The lowest BCUT2D eigenvalue weighted by molar-refractivity contribution is 0.0155. The molecular formula is C22H21O. The van der Waals surface area contributed by atoms with Gasteiger partial charge in [-0.05, 0) is 23.1 Å². The van der Waals surface area contributed by atoms with E-state index in [0.29, 0.717) is 6.61 Å². The smallest absolute Gasteiger partial charge is 0.143 e. The second-order valence-electron chi connectivity index (χ2n) is 5.48. The third-order valence-corrected chi connectivity index (χ3v) is 4.00. The Morgan fingerprint density at radius 2 is 0.957 bits per heavy atom. The molecule has 3 aromatic carbocycles. The van der Waals surface area contributed by atoms with Crippen LogP contribution in [-0.4, -0.2) is 6.61 Å². The van der Waals surface area contributed by atoms with E-state index in [-0.39, 0.29) is 0 Å². The lowest BCUT2D eigenvalue weighted by Crippen LogP contribution is -2.33. The van der Waals surface area contributed by atoms with Crippen molar-refractivity contribution < 1.29 is 4.74 Å². The molecule has 0 spiro atoms. The Morgan fingerprint density at radius 1 is 0.609 bits per heavy atom. The zero-order valence-corrected chi connectivity index (χ0v) is 13.2. The molecule has 0 unspecified atom stereocenters. The average Bonchev–Trinajstić information content (AvgIpc) is 2.65. The maximum absolute atomic E-state index is 6.47. The normalized spacial score (nSPS) is 11.3. The van der Waals surface area contributed by atoms with Crippen molar-refractivity contribution in [3.8, 4) is 0 Å². The SMILES string of the molecule is [CH2]CCOC(c1ccccc1)(c1ccccc1)c1ccccc1. The van der Waals surface area contributed by atoms with Crippen molar-refractivity contribution in [3.05, 3.63) is 115 Å². The summed E-state index contributed by atoms with van der Waals surface area (Å²) in [4.78, 5) is 0. The highest BCUT2D eigenvalue weighted by molar-refractivity contribution is 5.47. The van der Waals surface area contributed by atoms with Gasteiger partial charge in [0.1, 0.15) is 5.60 Å². The summed E-state index contributed by atoms with van der Waals surface area (Å²) in [5.41, 5.74) is 2.78. The first kappa shape index (κ1) is 15.5. The zero-order chi connectivity index (χ0) is 16.0. The summed E-state index contributed by atoms with van der Waals surface area (Å²) < 4.78 is 6.47. The topological polar surface area (TPSA) is 9.23 Å². The van der Waals surface area contributed by atoms with Gasteiger partial charge in [-0.15, -0.1) is 0 Å². The van der Waals surface area contributed by atoms with Crippen LogP contribution >= 0.6 is 0 Å². The molecule has 0 N–H and O–H groups in total. The molecule has 0 atom stereocenters. The highest BCUT2D eigenvalue weighted by Crippen LogP contribution is 2.40. The predicted octanol–water partition coefficient (Wildman–Crippen LogP) is 5.22. The fraction of sp³-hybridized carbons (Fsp3) is 0.136. The largest absolute Gasteiger partial charge is 0.361 e. The monoisotopic (exact) mass is 301 g/mol.